The van der Waals surface area contributed by atoms with E-state index in [0.717, 1.165) is 12.8 Å². The molecule has 0 bridgehead atoms. The van der Waals surface area contributed by atoms with Gasteiger partial charge in [-0.1, -0.05) is 5.57 Å². The van der Waals surface area contributed by atoms with E-state index in [4.69, 9.17) is 5.11 Å². The summed E-state index contributed by atoms with van der Waals surface area (Å²) in [4.78, 5) is 22.9. The zero-order chi connectivity index (χ0) is 11.6. The third kappa shape index (κ3) is 2.81. The van der Waals surface area contributed by atoms with Crippen molar-refractivity contribution in [3.8, 4) is 0 Å². The Labute approximate surface area is 89.4 Å². The number of carboxylic acids is 1. The van der Waals surface area contributed by atoms with Crippen LogP contribution in [0.3, 0.4) is 0 Å². The highest BCUT2D eigenvalue weighted by Crippen LogP contribution is 2.28. The smallest absolute Gasteiger partial charge is 0.319 e. The Morgan fingerprint density at radius 2 is 2.07 bits per heavy atom. The minimum atomic E-state index is -1.38. The number of aliphatic carboxylic acids is 1. The second kappa shape index (κ2) is 4.04. The summed E-state index contributed by atoms with van der Waals surface area (Å²) in [6, 6.07) is 0.182. The number of hydrogen-bond donors (Lipinski definition) is 2. The monoisotopic (exact) mass is 211 g/mol. The molecule has 4 heteroatoms. The molecule has 1 aliphatic carbocycles. The molecular formula is C11H17NO3. The van der Waals surface area contributed by atoms with Gasteiger partial charge < -0.3 is 10.4 Å². The Morgan fingerprint density at radius 3 is 2.40 bits per heavy atom. The highest BCUT2D eigenvalue weighted by Gasteiger charge is 2.42. The molecule has 15 heavy (non-hydrogen) atoms. The molecule has 0 saturated heterocycles. The summed E-state index contributed by atoms with van der Waals surface area (Å²) in [6.07, 6.45) is 2.09. The fourth-order valence-electron chi connectivity index (χ4n) is 1.43. The summed E-state index contributed by atoms with van der Waals surface area (Å²) in [5.74, 6) is -1.50. The molecule has 2 N–H and O–H groups in total. The van der Waals surface area contributed by atoms with Crippen LogP contribution in [0.1, 0.15) is 33.1 Å². The van der Waals surface area contributed by atoms with E-state index in [1.165, 1.54) is 6.92 Å². The summed E-state index contributed by atoms with van der Waals surface area (Å²) in [5, 5.41) is 11.8. The topological polar surface area (TPSA) is 66.4 Å². The van der Waals surface area contributed by atoms with Crippen molar-refractivity contribution in [2.75, 3.05) is 0 Å². The van der Waals surface area contributed by atoms with Gasteiger partial charge in [0.2, 0.25) is 5.91 Å². The highest BCUT2D eigenvalue weighted by atomic mass is 16.4. The van der Waals surface area contributed by atoms with Gasteiger partial charge in [0.05, 0.1) is 0 Å². The van der Waals surface area contributed by atoms with Crippen LogP contribution in [-0.2, 0) is 9.59 Å². The maximum atomic E-state index is 11.8. The molecule has 1 amide bonds. The average molecular weight is 211 g/mol. The second-order valence-corrected chi connectivity index (χ2v) is 4.52. The summed E-state index contributed by atoms with van der Waals surface area (Å²) < 4.78 is 0. The largest absolute Gasteiger partial charge is 0.480 e. The normalized spacial score (nSPS) is 19.1. The number of nitrogens with one attached hydrogen (secondary N) is 1. The summed E-state index contributed by atoms with van der Waals surface area (Å²) >= 11 is 0. The lowest BCUT2D eigenvalue weighted by atomic mass is 9.83. The number of allylic oxidation sites excluding steroid dienone is 1. The van der Waals surface area contributed by atoms with Crippen molar-refractivity contribution in [2.24, 2.45) is 5.41 Å². The molecule has 1 unspecified atom stereocenters. The first-order valence-electron chi connectivity index (χ1n) is 5.05. The van der Waals surface area contributed by atoms with Crippen LogP contribution in [0.4, 0.5) is 0 Å². The molecule has 0 radical (unpaired) electrons. The van der Waals surface area contributed by atoms with Gasteiger partial charge in [-0.2, -0.15) is 0 Å². The minimum absolute atomic E-state index is 0.181. The van der Waals surface area contributed by atoms with Crippen molar-refractivity contribution in [1.82, 2.24) is 5.32 Å². The predicted molar refractivity (Wildman–Crippen MR) is 56.3 cm³/mol. The Balaban J connectivity index is 2.73. The number of carbonyl (C=O) groups is 2. The number of rotatable bonds is 5. The van der Waals surface area contributed by atoms with E-state index >= 15 is 0 Å². The van der Waals surface area contributed by atoms with Crippen LogP contribution in [0.25, 0.3) is 0 Å². The molecule has 0 heterocycles. The zero-order valence-electron chi connectivity index (χ0n) is 9.17. The maximum Gasteiger partial charge on any atom is 0.319 e. The average Bonchev–Trinajstić information content (AvgIpc) is 2.86. The first-order chi connectivity index (χ1) is 6.86. The molecule has 0 spiro atoms. The Kier molecular flexibility index (Phi) is 3.17. The van der Waals surface area contributed by atoms with Gasteiger partial charge in [0.1, 0.15) is 5.41 Å². The summed E-state index contributed by atoms with van der Waals surface area (Å²) in [7, 11) is 0. The number of hydrogen-bond acceptors (Lipinski definition) is 2. The van der Waals surface area contributed by atoms with Gasteiger partial charge >= 0.3 is 5.97 Å². The van der Waals surface area contributed by atoms with E-state index in [-0.39, 0.29) is 12.5 Å². The summed E-state index contributed by atoms with van der Waals surface area (Å²) in [5.41, 5.74) is -0.681. The van der Waals surface area contributed by atoms with Crippen LogP contribution in [0, 0.1) is 5.41 Å². The van der Waals surface area contributed by atoms with Gasteiger partial charge in [0.15, 0.2) is 0 Å². The van der Waals surface area contributed by atoms with Crippen molar-refractivity contribution in [2.45, 2.75) is 39.2 Å². The van der Waals surface area contributed by atoms with Crippen molar-refractivity contribution in [1.29, 1.82) is 0 Å². The fourth-order valence-corrected chi connectivity index (χ4v) is 1.43. The van der Waals surface area contributed by atoms with Crippen LogP contribution in [-0.4, -0.2) is 23.0 Å². The molecule has 1 aliphatic rings. The standard InChI is InChI=1S/C11H17NO3/c1-7(2)6-11(3,10(14)15)9(13)12-8-4-5-8/h8H,1,4-6H2,2-3H3,(H,12,13)(H,14,15). The first kappa shape index (κ1) is 11.8. The van der Waals surface area contributed by atoms with E-state index < -0.39 is 17.3 Å². The lowest BCUT2D eigenvalue weighted by Gasteiger charge is -2.23. The van der Waals surface area contributed by atoms with Gasteiger partial charge in [-0.3, -0.25) is 9.59 Å². The van der Waals surface area contributed by atoms with Gasteiger partial charge in [-0.15, -0.1) is 6.58 Å². The van der Waals surface area contributed by atoms with Crippen LogP contribution in [0.5, 0.6) is 0 Å². The number of carbonyl (C=O) groups excluding carboxylic acids is 1. The van der Waals surface area contributed by atoms with Gasteiger partial charge in [0.25, 0.3) is 0 Å². The van der Waals surface area contributed by atoms with E-state index in [0.29, 0.717) is 5.57 Å². The molecule has 0 aliphatic heterocycles. The van der Waals surface area contributed by atoms with E-state index in [2.05, 4.69) is 11.9 Å². The van der Waals surface area contributed by atoms with Gasteiger partial charge in [0, 0.05) is 6.04 Å². The van der Waals surface area contributed by atoms with E-state index in [1.807, 2.05) is 0 Å². The molecule has 0 aromatic rings. The van der Waals surface area contributed by atoms with Crippen molar-refractivity contribution in [3.05, 3.63) is 12.2 Å². The van der Waals surface area contributed by atoms with Crippen LogP contribution in [0.15, 0.2) is 12.2 Å². The maximum absolute atomic E-state index is 11.8. The predicted octanol–water partition coefficient (Wildman–Crippen LogP) is 1.32. The fraction of sp³-hybridized carbons (Fsp3) is 0.636. The third-order valence-corrected chi connectivity index (χ3v) is 2.54. The molecular weight excluding hydrogens is 194 g/mol. The third-order valence-electron chi connectivity index (χ3n) is 2.54. The molecule has 4 nitrogen and oxygen atoms in total. The van der Waals surface area contributed by atoms with E-state index in [9.17, 15) is 9.59 Å². The minimum Gasteiger partial charge on any atom is -0.480 e. The number of amides is 1. The quantitative estimate of drug-likeness (QED) is 0.532. The van der Waals surface area contributed by atoms with Gasteiger partial charge in [-0.05, 0) is 33.1 Å². The highest BCUT2D eigenvalue weighted by molar-refractivity contribution is 6.01. The number of carboxylic acid groups (broad SMARTS) is 1. The molecule has 0 aromatic carbocycles. The zero-order valence-corrected chi connectivity index (χ0v) is 9.17. The molecule has 84 valence electrons. The molecule has 1 saturated carbocycles. The lowest BCUT2D eigenvalue weighted by molar-refractivity contribution is -0.154. The molecule has 1 atom stereocenters. The van der Waals surface area contributed by atoms with E-state index in [1.54, 1.807) is 6.92 Å². The van der Waals surface area contributed by atoms with Gasteiger partial charge in [-0.25, -0.2) is 0 Å². The molecule has 1 rings (SSSR count). The SMILES string of the molecule is C=C(C)CC(C)(C(=O)O)C(=O)NC1CC1. The Morgan fingerprint density at radius 1 is 1.53 bits per heavy atom. The Bertz CT molecular complexity index is 307. The summed E-state index contributed by atoms with van der Waals surface area (Å²) in [6.45, 7) is 6.83. The second-order valence-electron chi connectivity index (χ2n) is 4.52. The van der Waals surface area contributed by atoms with Crippen LogP contribution < -0.4 is 5.32 Å². The van der Waals surface area contributed by atoms with Crippen molar-refractivity contribution >= 4 is 11.9 Å². The molecule has 0 aromatic heterocycles. The lowest BCUT2D eigenvalue weighted by Crippen LogP contribution is -2.45. The van der Waals surface area contributed by atoms with Crippen LogP contribution in [0.2, 0.25) is 0 Å². The van der Waals surface area contributed by atoms with Crippen molar-refractivity contribution in [3.63, 3.8) is 0 Å². The Hall–Kier alpha value is -1.32. The van der Waals surface area contributed by atoms with Crippen LogP contribution >= 0.6 is 0 Å². The molecule has 1 fully saturated rings. The van der Waals surface area contributed by atoms with Crippen molar-refractivity contribution < 1.29 is 14.7 Å². The first-order valence-corrected chi connectivity index (χ1v) is 5.05.